The fraction of sp³-hybridized carbons (Fsp3) is 1.00. The van der Waals surface area contributed by atoms with Crippen molar-refractivity contribution in [1.29, 1.82) is 0 Å². The molecule has 1 aliphatic rings. The smallest absolute Gasteiger partial charge is 0.0381 e. The van der Waals surface area contributed by atoms with E-state index in [9.17, 15) is 0 Å². The minimum atomic E-state index is 1.04. The lowest BCUT2D eigenvalue weighted by Gasteiger charge is -2.39. The lowest BCUT2D eigenvalue weighted by molar-refractivity contribution is 0.123. The van der Waals surface area contributed by atoms with Crippen LogP contribution in [-0.2, 0) is 0 Å². The molecule has 0 aromatic carbocycles. The molecule has 0 N–H and O–H groups in total. The predicted molar refractivity (Wildman–Crippen MR) is 82.8 cm³/mol. The molecule has 1 saturated carbocycles. The molecule has 1 aliphatic carbocycles. The maximum Gasteiger partial charge on any atom is -0.0381 e. The third-order valence-electron chi connectivity index (χ3n) is 5.20. The molecule has 3 atom stereocenters. The van der Waals surface area contributed by atoms with Gasteiger partial charge in [-0.2, -0.15) is 0 Å². The summed E-state index contributed by atoms with van der Waals surface area (Å²) in [7, 11) is 0. The first-order valence-electron chi connectivity index (χ1n) is 8.74. The molecular formula is C18H36. The fourth-order valence-corrected chi connectivity index (χ4v) is 4.34. The standard InChI is InChI=1S/C18H36/c1-5-9-16-12-15(8-4)13-18(14-16)17(10-6-2)11-7-3/h15-18H,5-14H2,1-4H3. The van der Waals surface area contributed by atoms with E-state index in [1.807, 2.05) is 0 Å². The van der Waals surface area contributed by atoms with Gasteiger partial charge in [0.05, 0.1) is 0 Å². The van der Waals surface area contributed by atoms with Gasteiger partial charge in [0.25, 0.3) is 0 Å². The van der Waals surface area contributed by atoms with E-state index in [4.69, 9.17) is 0 Å². The van der Waals surface area contributed by atoms with Gasteiger partial charge >= 0.3 is 0 Å². The van der Waals surface area contributed by atoms with Crippen LogP contribution in [0.1, 0.15) is 91.9 Å². The van der Waals surface area contributed by atoms with Crippen molar-refractivity contribution in [1.82, 2.24) is 0 Å². The monoisotopic (exact) mass is 252 g/mol. The maximum absolute atomic E-state index is 2.41. The van der Waals surface area contributed by atoms with Gasteiger partial charge in [-0.1, -0.05) is 72.6 Å². The quantitative estimate of drug-likeness (QED) is 0.466. The highest BCUT2D eigenvalue weighted by Gasteiger charge is 2.31. The van der Waals surface area contributed by atoms with Gasteiger partial charge < -0.3 is 0 Å². The Balaban J connectivity index is 2.59. The van der Waals surface area contributed by atoms with E-state index < -0.39 is 0 Å². The zero-order valence-electron chi connectivity index (χ0n) is 13.4. The first-order chi connectivity index (χ1) is 8.74. The lowest BCUT2D eigenvalue weighted by atomic mass is 9.67. The summed E-state index contributed by atoms with van der Waals surface area (Å²) in [5.41, 5.74) is 0. The van der Waals surface area contributed by atoms with Gasteiger partial charge in [0, 0.05) is 0 Å². The molecule has 0 saturated heterocycles. The van der Waals surface area contributed by atoms with Gasteiger partial charge in [-0.25, -0.2) is 0 Å². The molecule has 0 aromatic heterocycles. The number of hydrogen-bond donors (Lipinski definition) is 0. The molecular weight excluding hydrogens is 216 g/mol. The van der Waals surface area contributed by atoms with E-state index in [0.29, 0.717) is 0 Å². The van der Waals surface area contributed by atoms with Crippen molar-refractivity contribution in [3.05, 3.63) is 0 Å². The van der Waals surface area contributed by atoms with Gasteiger partial charge in [-0.05, 0) is 42.9 Å². The Morgan fingerprint density at radius 2 is 1.39 bits per heavy atom. The Kier molecular flexibility index (Phi) is 8.02. The Labute approximate surface area is 116 Å². The van der Waals surface area contributed by atoms with E-state index in [-0.39, 0.29) is 0 Å². The zero-order valence-corrected chi connectivity index (χ0v) is 13.4. The Hall–Kier alpha value is 0. The highest BCUT2D eigenvalue weighted by atomic mass is 14.4. The van der Waals surface area contributed by atoms with E-state index in [0.717, 1.165) is 23.7 Å². The molecule has 0 heterocycles. The maximum atomic E-state index is 2.41. The topological polar surface area (TPSA) is 0 Å². The second kappa shape index (κ2) is 8.99. The van der Waals surface area contributed by atoms with Crippen LogP contribution in [0.4, 0.5) is 0 Å². The highest BCUT2D eigenvalue weighted by Crippen LogP contribution is 2.42. The summed E-state index contributed by atoms with van der Waals surface area (Å²) >= 11 is 0. The van der Waals surface area contributed by atoms with Gasteiger partial charge in [0.2, 0.25) is 0 Å². The summed E-state index contributed by atoms with van der Waals surface area (Å²) in [6.07, 6.45) is 14.6. The van der Waals surface area contributed by atoms with E-state index >= 15 is 0 Å². The molecule has 0 aromatic rings. The minimum Gasteiger partial charge on any atom is -0.0654 e. The molecule has 0 nitrogen and oxygen atoms in total. The van der Waals surface area contributed by atoms with E-state index in [2.05, 4.69) is 27.7 Å². The normalized spacial score (nSPS) is 28.8. The summed E-state index contributed by atoms with van der Waals surface area (Å²) in [5.74, 6) is 4.18. The second-order valence-electron chi connectivity index (χ2n) is 6.73. The molecule has 0 spiro atoms. The van der Waals surface area contributed by atoms with Crippen molar-refractivity contribution >= 4 is 0 Å². The van der Waals surface area contributed by atoms with Crippen molar-refractivity contribution in [3.8, 4) is 0 Å². The van der Waals surface area contributed by atoms with Gasteiger partial charge in [0.15, 0.2) is 0 Å². The first kappa shape index (κ1) is 16.1. The zero-order chi connectivity index (χ0) is 13.4. The number of hydrogen-bond acceptors (Lipinski definition) is 0. The van der Waals surface area contributed by atoms with Crippen LogP contribution in [0.15, 0.2) is 0 Å². The largest absolute Gasteiger partial charge is 0.0654 e. The molecule has 0 bridgehead atoms. The number of rotatable bonds is 8. The van der Waals surface area contributed by atoms with E-state index in [1.165, 1.54) is 51.4 Å². The second-order valence-corrected chi connectivity index (χ2v) is 6.73. The van der Waals surface area contributed by atoms with Crippen LogP contribution in [-0.4, -0.2) is 0 Å². The van der Waals surface area contributed by atoms with Gasteiger partial charge in [-0.3, -0.25) is 0 Å². The van der Waals surface area contributed by atoms with Crippen molar-refractivity contribution < 1.29 is 0 Å². The summed E-state index contributed by atoms with van der Waals surface area (Å²) in [6, 6.07) is 0. The summed E-state index contributed by atoms with van der Waals surface area (Å²) in [5, 5.41) is 0. The SMILES string of the molecule is CCCC1CC(CC)CC(C(CCC)CCC)C1. The summed E-state index contributed by atoms with van der Waals surface area (Å²) in [6.45, 7) is 9.50. The molecule has 108 valence electrons. The van der Waals surface area contributed by atoms with Crippen LogP contribution in [0, 0.1) is 23.7 Å². The van der Waals surface area contributed by atoms with Crippen LogP contribution in [0.2, 0.25) is 0 Å². The molecule has 1 fully saturated rings. The molecule has 0 heteroatoms. The van der Waals surface area contributed by atoms with Crippen LogP contribution < -0.4 is 0 Å². The third-order valence-corrected chi connectivity index (χ3v) is 5.20. The minimum absolute atomic E-state index is 1.04. The van der Waals surface area contributed by atoms with Gasteiger partial charge in [0.1, 0.15) is 0 Å². The van der Waals surface area contributed by atoms with Crippen LogP contribution in [0.3, 0.4) is 0 Å². The summed E-state index contributed by atoms with van der Waals surface area (Å²) in [4.78, 5) is 0. The molecule has 1 rings (SSSR count). The Bertz CT molecular complexity index is 190. The van der Waals surface area contributed by atoms with Crippen molar-refractivity contribution in [2.45, 2.75) is 91.9 Å². The molecule has 0 aliphatic heterocycles. The first-order valence-corrected chi connectivity index (χ1v) is 8.74. The van der Waals surface area contributed by atoms with Crippen LogP contribution in [0.5, 0.6) is 0 Å². The molecule has 18 heavy (non-hydrogen) atoms. The lowest BCUT2D eigenvalue weighted by Crippen LogP contribution is -2.28. The van der Waals surface area contributed by atoms with Crippen LogP contribution in [0.25, 0.3) is 0 Å². The van der Waals surface area contributed by atoms with Crippen molar-refractivity contribution in [3.63, 3.8) is 0 Å². The molecule has 0 amide bonds. The Morgan fingerprint density at radius 1 is 0.778 bits per heavy atom. The molecule has 0 radical (unpaired) electrons. The molecule has 3 unspecified atom stereocenters. The van der Waals surface area contributed by atoms with E-state index in [1.54, 1.807) is 12.8 Å². The average Bonchev–Trinajstić information content (AvgIpc) is 2.38. The Morgan fingerprint density at radius 3 is 1.89 bits per heavy atom. The predicted octanol–water partition coefficient (Wildman–Crippen LogP) is 6.45. The van der Waals surface area contributed by atoms with Crippen molar-refractivity contribution in [2.75, 3.05) is 0 Å². The summed E-state index contributed by atoms with van der Waals surface area (Å²) < 4.78 is 0. The third kappa shape index (κ3) is 4.94. The average molecular weight is 252 g/mol. The van der Waals surface area contributed by atoms with Crippen LogP contribution >= 0.6 is 0 Å². The van der Waals surface area contributed by atoms with Gasteiger partial charge in [-0.15, -0.1) is 0 Å². The fourth-order valence-electron chi connectivity index (χ4n) is 4.34. The van der Waals surface area contributed by atoms with Crippen molar-refractivity contribution in [2.24, 2.45) is 23.7 Å². The highest BCUT2D eigenvalue weighted by molar-refractivity contribution is 4.82.